The van der Waals surface area contributed by atoms with Gasteiger partial charge in [0.25, 0.3) is 5.91 Å². The molecule has 3 nitrogen and oxygen atoms in total. The van der Waals surface area contributed by atoms with Crippen LogP contribution in [0.4, 0.5) is 5.69 Å². The topological polar surface area (TPSA) is 38.3 Å². The summed E-state index contributed by atoms with van der Waals surface area (Å²) in [6, 6.07) is 13.3. The number of ether oxygens (including phenoxy) is 1. The normalized spacial score (nSPS) is 14.6. The Morgan fingerprint density at radius 3 is 2.54 bits per heavy atom. The van der Waals surface area contributed by atoms with Crippen LogP contribution < -0.4 is 10.1 Å². The molecule has 1 atom stereocenters. The molecule has 0 unspecified atom stereocenters. The minimum atomic E-state index is -0.512. The Bertz CT molecular complexity index is 712. The maximum atomic E-state index is 12.5. The third kappa shape index (κ3) is 4.09. The third-order valence-corrected chi connectivity index (χ3v) is 4.63. The number of aryl methyl sites for hydroxylation is 2. The molecule has 0 heterocycles. The van der Waals surface area contributed by atoms with Gasteiger partial charge in [-0.05, 0) is 79.6 Å². The molecule has 1 aliphatic rings. The fourth-order valence-corrected chi connectivity index (χ4v) is 3.15. The minimum absolute atomic E-state index is 0.141. The zero-order valence-electron chi connectivity index (χ0n) is 13.8. The van der Waals surface area contributed by atoms with E-state index in [1.54, 1.807) is 24.3 Å². The number of nitrogens with one attached hydrogen (secondary N) is 1. The predicted molar refractivity (Wildman–Crippen MR) is 97.9 cm³/mol. The summed E-state index contributed by atoms with van der Waals surface area (Å²) < 4.78 is 5.95. The first-order valence-corrected chi connectivity index (χ1v) is 8.88. The number of hydrogen-bond acceptors (Lipinski definition) is 2. The lowest BCUT2D eigenvalue weighted by Crippen LogP contribution is -2.32. The number of benzene rings is 2. The molecule has 0 radical (unpaired) electrons. The van der Waals surface area contributed by atoms with Crippen molar-refractivity contribution < 1.29 is 9.53 Å². The molecule has 0 fully saturated rings. The second kappa shape index (κ2) is 7.71. The summed E-state index contributed by atoms with van der Waals surface area (Å²) in [5, 5.41) is 3.52. The van der Waals surface area contributed by atoms with Gasteiger partial charge in [-0.1, -0.05) is 24.6 Å². The van der Waals surface area contributed by atoms with Crippen molar-refractivity contribution in [3.8, 4) is 5.75 Å². The smallest absolute Gasteiger partial charge is 0.265 e. The van der Waals surface area contributed by atoms with Gasteiger partial charge in [-0.15, -0.1) is 0 Å². The van der Waals surface area contributed by atoms with Crippen LogP contribution in [0.25, 0.3) is 0 Å². The van der Waals surface area contributed by atoms with Gasteiger partial charge in [0, 0.05) is 10.7 Å². The summed E-state index contributed by atoms with van der Waals surface area (Å²) in [6.07, 6.45) is 4.82. The van der Waals surface area contributed by atoms with Crippen LogP contribution in [0.2, 0.25) is 5.02 Å². The molecule has 0 saturated heterocycles. The first-order chi connectivity index (χ1) is 11.7. The van der Waals surface area contributed by atoms with Crippen LogP contribution in [-0.2, 0) is 17.6 Å². The Morgan fingerprint density at radius 2 is 1.83 bits per heavy atom. The SMILES string of the molecule is CC[C@H](Oc1ccc2c(c1)CCCC2)C(=O)Nc1ccc(Cl)cc1. The van der Waals surface area contributed by atoms with Crippen molar-refractivity contribution in [3.05, 3.63) is 58.6 Å². The number of carbonyl (C=O) groups is 1. The molecule has 2 aromatic carbocycles. The van der Waals surface area contributed by atoms with Gasteiger partial charge >= 0.3 is 0 Å². The zero-order valence-corrected chi connectivity index (χ0v) is 14.6. The highest BCUT2D eigenvalue weighted by Gasteiger charge is 2.19. The van der Waals surface area contributed by atoms with Crippen molar-refractivity contribution in [1.82, 2.24) is 0 Å². The van der Waals surface area contributed by atoms with E-state index in [2.05, 4.69) is 17.4 Å². The molecule has 1 N–H and O–H groups in total. The number of carbonyl (C=O) groups excluding carboxylic acids is 1. The first kappa shape index (κ1) is 16.8. The Morgan fingerprint density at radius 1 is 1.12 bits per heavy atom. The van der Waals surface area contributed by atoms with Gasteiger partial charge in [-0.3, -0.25) is 4.79 Å². The fourth-order valence-electron chi connectivity index (χ4n) is 3.03. The highest BCUT2D eigenvalue weighted by atomic mass is 35.5. The van der Waals surface area contributed by atoms with E-state index in [-0.39, 0.29) is 5.91 Å². The van der Waals surface area contributed by atoms with E-state index in [0.717, 1.165) is 24.3 Å². The van der Waals surface area contributed by atoms with E-state index in [4.69, 9.17) is 16.3 Å². The lowest BCUT2D eigenvalue weighted by atomic mass is 9.92. The summed E-state index contributed by atoms with van der Waals surface area (Å²) in [5.74, 6) is 0.631. The highest BCUT2D eigenvalue weighted by Crippen LogP contribution is 2.26. The summed E-state index contributed by atoms with van der Waals surface area (Å²) in [4.78, 5) is 12.5. The maximum Gasteiger partial charge on any atom is 0.265 e. The Balaban J connectivity index is 1.67. The van der Waals surface area contributed by atoms with Gasteiger partial charge in [0.15, 0.2) is 6.10 Å². The summed E-state index contributed by atoms with van der Waals surface area (Å²) in [5.41, 5.74) is 3.48. The minimum Gasteiger partial charge on any atom is -0.481 e. The number of anilines is 1. The number of hydrogen-bond donors (Lipinski definition) is 1. The fraction of sp³-hybridized carbons (Fsp3) is 0.350. The quantitative estimate of drug-likeness (QED) is 0.828. The Hall–Kier alpha value is -2.00. The van der Waals surface area contributed by atoms with Crippen molar-refractivity contribution in [3.63, 3.8) is 0 Å². The monoisotopic (exact) mass is 343 g/mol. The summed E-state index contributed by atoms with van der Waals surface area (Å²) in [7, 11) is 0. The van der Waals surface area contributed by atoms with E-state index in [9.17, 15) is 4.79 Å². The van der Waals surface area contributed by atoms with Crippen molar-refractivity contribution in [2.45, 2.75) is 45.1 Å². The summed E-state index contributed by atoms with van der Waals surface area (Å²) in [6.45, 7) is 1.95. The van der Waals surface area contributed by atoms with E-state index in [0.29, 0.717) is 11.4 Å². The second-order valence-corrected chi connectivity index (χ2v) is 6.58. The van der Waals surface area contributed by atoms with Crippen LogP contribution in [0.1, 0.15) is 37.3 Å². The molecule has 4 heteroatoms. The molecule has 3 rings (SSSR count). The van der Waals surface area contributed by atoms with Crippen LogP contribution in [-0.4, -0.2) is 12.0 Å². The van der Waals surface area contributed by atoms with Crippen molar-refractivity contribution in [2.75, 3.05) is 5.32 Å². The van der Waals surface area contributed by atoms with Crippen molar-refractivity contribution >= 4 is 23.2 Å². The van der Waals surface area contributed by atoms with Crippen molar-refractivity contribution in [2.24, 2.45) is 0 Å². The number of rotatable bonds is 5. The van der Waals surface area contributed by atoms with Crippen LogP contribution in [0.3, 0.4) is 0 Å². The molecule has 0 bridgehead atoms. The molecule has 126 valence electrons. The third-order valence-electron chi connectivity index (χ3n) is 4.37. The second-order valence-electron chi connectivity index (χ2n) is 6.15. The molecule has 24 heavy (non-hydrogen) atoms. The van der Waals surface area contributed by atoms with Crippen LogP contribution >= 0.6 is 11.6 Å². The Kier molecular flexibility index (Phi) is 5.41. The van der Waals surface area contributed by atoms with Gasteiger partial charge in [-0.25, -0.2) is 0 Å². The molecule has 0 aromatic heterocycles. The van der Waals surface area contributed by atoms with Gasteiger partial charge in [0.05, 0.1) is 0 Å². The number of halogens is 1. The van der Waals surface area contributed by atoms with E-state index < -0.39 is 6.10 Å². The van der Waals surface area contributed by atoms with Gasteiger partial charge in [-0.2, -0.15) is 0 Å². The predicted octanol–water partition coefficient (Wildman–Crippen LogP) is 5.01. The molecule has 1 amide bonds. The van der Waals surface area contributed by atoms with E-state index in [1.165, 1.54) is 24.0 Å². The average Bonchev–Trinajstić information content (AvgIpc) is 2.61. The molecule has 0 saturated carbocycles. The summed E-state index contributed by atoms with van der Waals surface area (Å²) >= 11 is 5.87. The highest BCUT2D eigenvalue weighted by molar-refractivity contribution is 6.30. The lowest BCUT2D eigenvalue weighted by Gasteiger charge is -2.20. The first-order valence-electron chi connectivity index (χ1n) is 8.50. The molecule has 1 aliphatic carbocycles. The molecular weight excluding hydrogens is 322 g/mol. The van der Waals surface area contributed by atoms with E-state index in [1.807, 2.05) is 13.0 Å². The van der Waals surface area contributed by atoms with E-state index >= 15 is 0 Å². The van der Waals surface area contributed by atoms with Crippen LogP contribution in [0, 0.1) is 0 Å². The molecule has 0 aliphatic heterocycles. The molecular formula is C20H22ClNO2. The van der Waals surface area contributed by atoms with Gasteiger partial charge in [0.1, 0.15) is 5.75 Å². The zero-order chi connectivity index (χ0) is 16.9. The van der Waals surface area contributed by atoms with Crippen molar-refractivity contribution in [1.29, 1.82) is 0 Å². The molecule has 2 aromatic rings. The Labute approximate surface area is 148 Å². The van der Waals surface area contributed by atoms with Gasteiger partial charge < -0.3 is 10.1 Å². The molecule has 0 spiro atoms. The lowest BCUT2D eigenvalue weighted by molar-refractivity contribution is -0.122. The average molecular weight is 344 g/mol. The largest absolute Gasteiger partial charge is 0.481 e. The van der Waals surface area contributed by atoms with Crippen LogP contribution in [0.5, 0.6) is 5.75 Å². The maximum absolute atomic E-state index is 12.5. The number of fused-ring (bicyclic) bond motifs is 1. The van der Waals surface area contributed by atoms with Gasteiger partial charge in [0.2, 0.25) is 0 Å². The van der Waals surface area contributed by atoms with Crippen LogP contribution in [0.15, 0.2) is 42.5 Å². The standard InChI is InChI=1S/C20H22ClNO2/c1-2-19(20(23)22-17-10-8-16(21)9-11-17)24-18-12-7-14-5-3-4-6-15(14)13-18/h7-13,19H,2-6H2,1H3,(H,22,23)/t19-/m0/s1. The number of amides is 1.